The van der Waals surface area contributed by atoms with Crippen LogP contribution in [-0.4, -0.2) is 35.9 Å². The Hall–Kier alpha value is -3.17. The smallest absolute Gasteiger partial charge is 0.167 e. The maximum Gasteiger partial charge on any atom is 0.167 e. The van der Waals surface area contributed by atoms with E-state index < -0.39 is 0 Å². The lowest BCUT2D eigenvalue weighted by Crippen LogP contribution is -2.15. The van der Waals surface area contributed by atoms with Crippen molar-refractivity contribution in [2.24, 2.45) is 0 Å². The first-order valence-corrected chi connectivity index (χ1v) is 11.8. The summed E-state index contributed by atoms with van der Waals surface area (Å²) in [4.78, 5) is 14.9. The molecule has 3 heteroatoms. The number of benzene rings is 3. The molecule has 4 aromatic rings. The summed E-state index contributed by atoms with van der Waals surface area (Å²) in [5, 5.41) is 1.35. The monoisotopic (exact) mass is 438 g/mol. The molecule has 0 fully saturated rings. The van der Waals surface area contributed by atoms with Crippen LogP contribution < -0.4 is 0 Å². The summed E-state index contributed by atoms with van der Waals surface area (Å²) in [5.74, 6) is 0.163. The predicted octanol–water partition coefficient (Wildman–Crippen LogP) is 6.23. The van der Waals surface area contributed by atoms with Crippen LogP contribution in [0.1, 0.15) is 44.7 Å². The van der Waals surface area contributed by atoms with Crippen LogP contribution in [0.25, 0.3) is 10.9 Å². The van der Waals surface area contributed by atoms with Gasteiger partial charge in [0, 0.05) is 35.1 Å². The average molecular weight is 439 g/mol. The van der Waals surface area contributed by atoms with E-state index in [-0.39, 0.29) is 5.78 Å². The molecule has 0 radical (unpaired) electrons. The summed E-state index contributed by atoms with van der Waals surface area (Å²) in [6.07, 6.45) is 2.46. The third kappa shape index (κ3) is 5.43. The van der Waals surface area contributed by atoms with Gasteiger partial charge in [-0.25, -0.2) is 0 Å². The summed E-state index contributed by atoms with van der Waals surface area (Å²) in [7, 11) is 4.26. The Kier molecular flexibility index (Phi) is 7.10. The van der Waals surface area contributed by atoms with E-state index in [9.17, 15) is 4.79 Å². The molecule has 0 bridgehead atoms. The molecule has 0 unspecified atom stereocenters. The van der Waals surface area contributed by atoms with E-state index in [1.807, 2.05) is 42.5 Å². The number of hydrogen-bond acceptors (Lipinski definition) is 2. The number of rotatable bonds is 9. The zero-order chi connectivity index (χ0) is 23.4. The fourth-order valence-corrected chi connectivity index (χ4v) is 4.57. The number of ketones is 1. The first kappa shape index (κ1) is 23.0. The number of fused-ring (bicyclic) bond motifs is 1. The number of carbonyl (C=O) groups excluding carboxylic acids is 1. The first-order chi connectivity index (χ1) is 15.9. The highest BCUT2D eigenvalue weighted by Gasteiger charge is 2.12. The highest BCUT2D eigenvalue weighted by Crippen LogP contribution is 2.27. The van der Waals surface area contributed by atoms with Gasteiger partial charge in [-0.2, -0.15) is 0 Å². The van der Waals surface area contributed by atoms with E-state index in [0.29, 0.717) is 6.42 Å². The molecule has 0 saturated heterocycles. The van der Waals surface area contributed by atoms with Gasteiger partial charge in [0.2, 0.25) is 0 Å². The van der Waals surface area contributed by atoms with Gasteiger partial charge in [0.15, 0.2) is 5.78 Å². The Morgan fingerprint density at radius 3 is 2.24 bits per heavy atom. The number of aryl methyl sites for hydroxylation is 2. The minimum atomic E-state index is 0.163. The van der Waals surface area contributed by atoms with E-state index >= 15 is 0 Å². The Balaban J connectivity index is 1.47. The normalized spacial score (nSPS) is 11.4. The number of aromatic nitrogens is 1. The molecule has 1 heterocycles. The molecule has 0 N–H and O–H groups in total. The van der Waals surface area contributed by atoms with E-state index in [2.05, 4.69) is 67.7 Å². The van der Waals surface area contributed by atoms with Crippen molar-refractivity contribution in [3.63, 3.8) is 0 Å². The number of hydrogen-bond donors (Lipinski definition) is 0. The van der Waals surface area contributed by atoms with Crippen LogP contribution in [0.3, 0.4) is 0 Å². The Labute approximate surface area is 197 Å². The van der Waals surface area contributed by atoms with E-state index in [0.717, 1.165) is 37.1 Å². The van der Waals surface area contributed by atoms with Crippen molar-refractivity contribution in [1.29, 1.82) is 0 Å². The van der Waals surface area contributed by atoms with Crippen LogP contribution in [0, 0.1) is 13.8 Å². The van der Waals surface area contributed by atoms with Gasteiger partial charge in [-0.05, 0) is 81.7 Å². The van der Waals surface area contributed by atoms with Crippen LogP contribution in [0.15, 0.2) is 72.8 Å². The van der Waals surface area contributed by atoms with Crippen LogP contribution in [0.2, 0.25) is 0 Å². The van der Waals surface area contributed by atoms with Gasteiger partial charge in [0.05, 0.1) is 0 Å². The van der Waals surface area contributed by atoms with E-state index in [1.165, 1.54) is 33.3 Å². The predicted molar refractivity (Wildman–Crippen MR) is 138 cm³/mol. The second kappa shape index (κ2) is 10.2. The van der Waals surface area contributed by atoms with Crippen LogP contribution >= 0.6 is 0 Å². The summed E-state index contributed by atoms with van der Waals surface area (Å²) in [5.41, 5.74) is 8.43. The van der Waals surface area contributed by atoms with Crippen molar-refractivity contribution in [2.45, 2.75) is 39.7 Å². The molecule has 3 aromatic carbocycles. The van der Waals surface area contributed by atoms with Gasteiger partial charge in [-0.15, -0.1) is 0 Å². The minimum absolute atomic E-state index is 0.163. The number of nitrogens with zero attached hydrogens (tertiary/aromatic N) is 2. The van der Waals surface area contributed by atoms with Gasteiger partial charge in [0.25, 0.3) is 0 Å². The lowest BCUT2D eigenvalue weighted by Gasteiger charge is -2.12. The van der Waals surface area contributed by atoms with Crippen LogP contribution in [-0.2, 0) is 19.4 Å². The molecule has 0 saturated carbocycles. The van der Waals surface area contributed by atoms with E-state index in [4.69, 9.17) is 0 Å². The highest BCUT2D eigenvalue weighted by atomic mass is 16.1. The average Bonchev–Trinajstić information content (AvgIpc) is 3.04. The first-order valence-electron chi connectivity index (χ1n) is 11.8. The zero-order valence-electron chi connectivity index (χ0n) is 20.3. The molecule has 33 heavy (non-hydrogen) atoms. The highest BCUT2D eigenvalue weighted by molar-refractivity contribution is 5.97. The number of Topliss-reactive ketones (excluding diaryl/α,β-unsaturated/α-hetero) is 1. The van der Waals surface area contributed by atoms with Crippen LogP contribution in [0.4, 0.5) is 0 Å². The molecule has 0 amide bonds. The van der Waals surface area contributed by atoms with Gasteiger partial charge in [-0.1, -0.05) is 60.7 Å². The van der Waals surface area contributed by atoms with Crippen molar-refractivity contribution in [1.82, 2.24) is 9.47 Å². The molecular formula is C30H34N2O. The molecule has 3 nitrogen and oxygen atoms in total. The van der Waals surface area contributed by atoms with Crippen molar-refractivity contribution in [3.8, 4) is 0 Å². The fourth-order valence-electron chi connectivity index (χ4n) is 4.57. The summed E-state index contributed by atoms with van der Waals surface area (Å²) in [6.45, 7) is 6.61. The molecular weight excluding hydrogens is 404 g/mol. The molecule has 0 atom stereocenters. The fraction of sp³-hybridized carbons (Fsp3) is 0.300. The van der Waals surface area contributed by atoms with Gasteiger partial charge < -0.3 is 9.47 Å². The van der Waals surface area contributed by atoms with Gasteiger partial charge in [-0.3, -0.25) is 4.79 Å². The molecule has 0 spiro atoms. The van der Waals surface area contributed by atoms with E-state index in [1.54, 1.807) is 0 Å². The Morgan fingerprint density at radius 1 is 0.848 bits per heavy atom. The lowest BCUT2D eigenvalue weighted by atomic mass is 9.98. The molecule has 170 valence electrons. The van der Waals surface area contributed by atoms with Gasteiger partial charge in [0.1, 0.15) is 0 Å². The maximum atomic E-state index is 12.6. The maximum absolute atomic E-state index is 12.6. The molecule has 0 aliphatic heterocycles. The number of carbonyl (C=O) groups is 1. The molecule has 1 aromatic heterocycles. The topological polar surface area (TPSA) is 25.2 Å². The van der Waals surface area contributed by atoms with Crippen LogP contribution in [0.5, 0.6) is 0 Å². The minimum Gasteiger partial charge on any atom is -0.345 e. The summed E-state index contributed by atoms with van der Waals surface area (Å²) < 4.78 is 2.46. The zero-order valence-corrected chi connectivity index (χ0v) is 20.3. The molecule has 0 aliphatic carbocycles. The Bertz CT molecular complexity index is 1230. The van der Waals surface area contributed by atoms with Gasteiger partial charge >= 0.3 is 0 Å². The second-order valence-electron chi connectivity index (χ2n) is 9.33. The lowest BCUT2D eigenvalue weighted by molar-refractivity contribution is 0.0993. The third-order valence-electron chi connectivity index (χ3n) is 6.58. The second-order valence-corrected chi connectivity index (χ2v) is 9.33. The van der Waals surface area contributed by atoms with Crippen molar-refractivity contribution < 1.29 is 4.79 Å². The Morgan fingerprint density at radius 2 is 1.55 bits per heavy atom. The summed E-state index contributed by atoms with van der Waals surface area (Å²) in [6, 6.07) is 24.9. The quantitative estimate of drug-likeness (QED) is 0.290. The molecule has 4 rings (SSSR count). The third-order valence-corrected chi connectivity index (χ3v) is 6.58. The van der Waals surface area contributed by atoms with Crippen molar-refractivity contribution in [2.75, 3.05) is 20.6 Å². The summed E-state index contributed by atoms with van der Waals surface area (Å²) >= 11 is 0. The molecule has 0 aliphatic rings. The van der Waals surface area contributed by atoms with Crippen molar-refractivity contribution >= 4 is 16.7 Å². The SMILES string of the molecule is Cc1c(C)n(CCCN(C)C)c2ccc(Cc3ccc(C(=O)Cc4ccccc4)cc3)cc12. The largest absolute Gasteiger partial charge is 0.345 e. The van der Waals surface area contributed by atoms with Crippen molar-refractivity contribution in [3.05, 3.63) is 106 Å². The standard InChI is InChI=1S/C30H34N2O/c1-22-23(2)32(18-8-17-31(3)4)29-16-13-26(20-28(22)29)19-25-11-14-27(15-12-25)30(33)21-24-9-6-5-7-10-24/h5-7,9-16,20H,8,17-19,21H2,1-4H3.